The molecule has 5 nitrogen and oxygen atoms in total. The van der Waals surface area contributed by atoms with E-state index in [9.17, 15) is 9.90 Å². The zero-order valence-corrected chi connectivity index (χ0v) is 15.9. The van der Waals surface area contributed by atoms with Gasteiger partial charge in [-0.15, -0.1) is 0 Å². The van der Waals surface area contributed by atoms with Crippen molar-refractivity contribution in [3.8, 4) is 11.4 Å². The number of rotatable bonds is 4. The van der Waals surface area contributed by atoms with Gasteiger partial charge in [-0.2, -0.15) is 0 Å². The SMILES string of the molecule is O=C(O)c1ccc2[nH]c(-c3ccc(C(O)c4ccc(Cl)c(Cl)c4)cc3)nc2c1. The van der Waals surface area contributed by atoms with Gasteiger partial charge in [0.1, 0.15) is 11.9 Å². The van der Waals surface area contributed by atoms with E-state index in [1.807, 2.05) is 12.1 Å². The number of aliphatic hydroxyl groups is 1. The molecule has 1 heterocycles. The van der Waals surface area contributed by atoms with E-state index in [4.69, 9.17) is 28.3 Å². The van der Waals surface area contributed by atoms with Crippen LogP contribution in [0.15, 0.2) is 60.7 Å². The van der Waals surface area contributed by atoms with E-state index in [1.54, 1.807) is 36.4 Å². The van der Waals surface area contributed by atoms with Crippen LogP contribution in [0.3, 0.4) is 0 Å². The molecule has 0 amide bonds. The van der Waals surface area contributed by atoms with Crippen molar-refractivity contribution in [3.63, 3.8) is 0 Å². The molecule has 1 unspecified atom stereocenters. The lowest BCUT2D eigenvalue weighted by atomic mass is 10.0. The summed E-state index contributed by atoms with van der Waals surface area (Å²) in [6, 6.07) is 17.1. The highest BCUT2D eigenvalue weighted by Crippen LogP contribution is 2.30. The van der Waals surface area contributed by atoms with E-state index in [0.717, 1.165) is 11.1 Å². The topological polar surface area (TPSA) is 86.2 Å². The Morgan fingerprint density at radius 3 is 2.32 bits per heavy atom. The number of nitrogens with zero attached hydrogens (tertiary/aromatic N) is 1. The molecule has 0 saturated carbocycles. The quantitative estimate of drug-likeness (QED) is 0.423. The van der Waals surface area contributed by atoms with Gasteiger partial charge in [-0.05, 0) is 41.5 Å². The zero-order chi connectivity index (χ0) is 19.8. The number of halogens is 2. The zero-order valence-electron chi connectivity index (χ0n) is 14.4. The molecule has 0 fully saturated rings. The Labute approximate surface area is 170 Å². The third-order valence-electron chi connectivity index (χ3n) is 4.49. The van der Waals surface area contributed by atoms with Crippen molar-refractivity contribution in [2.75, 3.05) is 0 Å². The number of aromatic nitrogens is 2. The van der Waals surface area contributed by atoms with Crippen LogP contribution >= 0.6 is 23.2 Å². The van der Waals surface area contributed by atoms with Crippen molar-refractivity contribution in [3.05, 3.63) is 87.4 Å². The van der Waals surface area contributed by atoms with E-state index in [1.165, 1.54) is 12.1 Å². The van der Waals surface area contributed by atoms with Crippen molar-refractivity contribution in [2.45, 2.75) is 6.10 Å². The van der Waals surface area contributed by atoms with Crippen LogP contribution in [0.2, 0.25) is 10.0 Å². The maximum Gasteiger partial charge on any atom is 0.335 e. The van der Waals surface area contributed by atoms with E-state index >= 15 is 0 Å². The van der Waals surface area contributed by atoms with Crippen LogP contribution in [0, 0.1) is 0 Å². The maximum atomic E-state index is 11.1. The highest BCUT2D eigenvalue weighted by molar-refractivity contribution is 6.42. The van der Waals surface area contributed by atoms with Gasteiger partial charge in [-0.1, -0.05) is 53.5 Å². The molecule has 1 aromatic heterocycles. The highest BCUT2D eigenvalue weighted by Gasteiger charge is 2.13. The fraction of sp³-hybridized carbons (Fsp3) is 0.0476. The lowest BCUT2D eigenvalue weighted by Crippen LogP contribution is -1.99. The summed E-state index contributed by atoms with van der Waals surface area (Å²) in [5, 5.41) is 20.5. The maximum absolute atomic E-state index is 11.1. The van der Waals surface area contributed by atoms with Gasteiger partial charge in [0.15, 0.2) is 0 Å². The van der Waals surface area contributed by atoms with E-state index in [-0.39, 0.29) is 5.56 Å². The van der Waals surface area contributed by atoms with E-state index in [2.05, 4.69) is 9.97 Å². The van der Waals surface area contributed by atoms with Gasteiger partial charge < -0.3 is 15.2 Å². The number of hydrogen-bond donors (Lipinski definition) is 3. The number of fused-ring (bicyclic) bond motifs is 1. The second-order valence-corrected chi connectivity index (χ2v) is 7.13. The predicted molar refractivity (Wildman–Crippen MR) is 109 cm³/mol. The molecule has 0 saturated heterocycles. The number of carbonyl (C=O) groups is 1. The lowest BCUT2D eigenvalue weighted by molar-refractivity contribution is 0.0697. The molecule has 28 heavy (non-hydrogen) atoms. The van der Waals surface area contributed by atoms with Crippen LogP contribution in [-0.2, 0) is 0 Å². The number of carboxylic acid groups (broad SMARTS) is 1. The minimum Gasteiger partial charge on any atom is -0.478 e. The molecule has 0 radical (unpaired) electrons. The molecule has 0 aliphatic rings. The number of aromatic carboxylic acids is 1. The first-order chi connectivity index (χ1) is 13.4. The number of carboxylic acids is 1. The summed E-state index contributed by atoms with van der Waals surface area (Å²) >= 11 is 12.0. The minimum atomic E-state index is -0.993. The first kappa shape index (κ1) is 18.5. The van der Waals surface area contributed by atoms with Crippen molar-refractivity contribution in [2.24, 2.45) is 0 Å². The fourth-order valence-corrected chi connectivity index (χ4v) is 3.28. The van der Waals surface area contributed by atoms with E-state index in [0.29, 0.717) is 32.5 Å². The molecule has 3 N–H and O–H groups in total. The van der Waals surface area contributed by atoms with Gasteiger partial charge in [0.05, 0.1) is 26.6 Å². The smallest absolute Gasteiger partial charge is 0.335 e. The van der Waals surface area contributed by atoms with Gasteiger partial charge in [-0.25, -0.2) is 9.78 Å². The number of aromatic amines is 1. The summed E-state index contributed by atoms with van der Waals surface area (Å²) in [5.74, 6) is -0.375. The van der Waals surface area contributed by atoms with Crippen LogP contribution in [-0.4, -0.2) is 26.2 Å². The van der Waals surface area contributed by atoms with Gasteiger partial charge in [-0.3, -0.25) is 0 Å². The highest BCUT2D eigenvalue weighted by atomic mass is 35.5. The minimum absolute atomic E-state index is 0.186. The third kappa shape index (κ3) is 3.47. The van der Waals surface area contributed by atoms with Crippen molar-refractivity contribution in [1.82, 2.24) is 9.97 Å². The molecule has 0 aliphatic carbocycles. The Morgan fingerprint density at radius 2 is 1.64 bits per heavy atom. The Kier molecular flexibility index (Phi) is 4.81. The van der Waals surface area contributed by atoms with Crippen LogP contribution in [0.4, 0.5) is 0 Å². The Balaban J connectivity index is 1.63. The fourth-order valence-electron chi connectivity index (χ4n) is 2.97. The monoisotopic (exact) mass is 412 g/mol. The van der Waals surface area contributed by atoms with Crippen LogP contribution in [0.25, 0.3) is 22.4 Å². The molecular formula is C21H14Cl2N2O3. The Bertz CT molecular complexity index is 1190. The molecular weight excluding hydrogens is 399 g/mol. The van der Waals surface area contributed by atoms with E-state index < -0.39 is 12.1 Å². The summed E-state index contributed by atoms with van der Waals surface area (Å²) in [4.78, 5) is 18.7. The molecule has 1 atom stereocenters. The summed E-state index contributed by atoms with van der Waals surface area (Å²) in [7, 11) is 0. The van der Waals surface area contributed by atoms with Crippen molar-refractivity contribution < 1.29 is 15.0 Å². The average molecular weight is 413 g/mol. The average Bonchev–Trinajstić information content (AvgIpc) is 3.13. The molecule has 140 valence electrons. The van der Waals surface area contributed by atoms with Gasteiger partial charge in [0.2, 0.25) is 0 Å². The molecule has 0 spiro atoms. The first-order valence-electron chi connectivity index (χ1n) is 8.39. The summed E-state index contributed by atoms with van der Waals surface area (Å²) < 4.78 is 0. The van der Waals surface area contributed by atoms with Crippen LogP contribution < -0.4 is 0 Å². The normalized spacial score (nSPS) is 12.2. The predicted octanol–water partition coefficient (Wildman–Crippen LogP) is 5.32. The number of hydrogen-bond acceptors (Lipinski definition) is 3. The number of aliphatic hydroxyl groups excluding tert-OH is 1. The molecule has 7 heteroatoms. The van der Waals surface area contributed by atoms with Gasteiger partial charge >= 0.3 is 5.97 Å². The van der Waals surface area contributed by atoms with Crippen LogP contribution in [0.5, 0.6) is 0 Å². The molecule has 4 rings (SSSR count). The molecule has 4 aromatic rings. The Hall–Kier alpha value is -2.86. The largest absolute Gasteiger partial charge is 0.478 e. The molecule has 3 aromatic carbocycles. The molecule has 0 aliphatic heterocycles. The first-order valence-corrected chi connectivity index (χ1v) is 9.14. The van der Waals surface area contributed by atoms with Crippen molar-refractivity contribution in [1.29, 1.82) is 0 Å². The standard InChI is InChI=1S/C21H14Cl2N2O3/c22-15-7-5-13(9-16(15)23)19(26)11-1-3-12(4-2-11)20-24-17-8-6-14(21(27)28)10-18(17)25-20/h1-10,19,26H,(H,24,25)(H,27,28). The Morgan fingerprint density at radius 1 is 0.929 bits per heavy atom. The number of benzene rings is 3. The number of nitrogens with one attached hydrogen (secondary N) is 1. The van der Waals surface area contributed by atoms with Gasteiger partial charge in [0.25, 0.3) is 0 Å². The molecule has 0 bridgehead atoms. The lowest BCUT2D eigenvalue weighted by Gasteiger charge is -2.12. The third-order valence-corrected chi connectivity index (χ3v) is 5.23. The second-order valence-electron chi connectivity index (χ2n) is 6.32. The number of H-pyrrole nitrogens is 1. The van der Waals surface area contributed by atoms with Crippen molar-refractivity contribution >= 4 is 40.2 Å². The summed E-state index contributed by atoms with van der Waals surface area (Å²) in [5.41, 5.74) is 3.68. The van der Waals surface area contributed by atoms with Crippen LogP contribution in [0.1, 0.15) is 27.6 Å². The number of imidazole rings is 1. The second kappa shape index (κ2) is 7.28. The summed E-state index contributed by atoms with van der Waals surface area (Å²) in [6.45, 7) is 0. The summed E-state index contributed by atoms with van der Waals surface area (Å²) in [6.07, 6.45) is -0.836. The van der Waals surface area contributed by atoms with Gasteiger partial charge in [0, 0.05) is 5.56 Å².